The Morgan fingerprint density at radius 3 is 2.50 bits per heavy atom. The summed E-state index contributed by atoms with van der Waals surface area (Å²) < 4.78 is 30.0. The minimum absolute atomic E-state index is 0. The first kappa shape index (κ1) is 14.6. The van der Waals surface area contributed by atoms with Gasteiger partial charge >= 0.3 is 5.97 Å². The predicted molar refractivity (Wildman–Crippen MR) is 54.2 cm³/mol. The van der Waals surface area contributed by atoms with E-state index in [1.165, 1.54) is 0 Å². The topological polar surface area (TPSA) is 72.5 Å². The molecule has 0 saturated carbocycles. The molecule has 0 unspecified atom stereocenters. The molecule has 4 nitrogen and oxygen atoms in total. The third kappa shape index (κ3) is 2.80. The number of benzene rings is 1. The van der Waals surface area contributed by atoms with E-state index in [4.69, 9.17) is 5.73 Å². The van der Waals surface area contributed by atoms with Crippen LogP contribution >= 0.6 is 12.4 Å². The van der Waals surface area contributed by atoms with Crippen molar-refractivity contribution in [3.8, 4) is 5.75 Å². The number of carbonyl (C=O) groups is 1. The van der Waals surface area contributed by atoms with Crippen LogP contribution in [0.2, 0.25) is 0 Å². The van der Waals surface area contributed by atoms with Gasteiger partial charge in [-0.05, 0) is 0 Å². The Hall–Kier alpha value is -1.40. The van der Waals surface area contributed by atoms with Crippen LogP contribution in [0.1, 0.15) is 11.6 Å². The summed E-state index contributed by atoms with van der Waals surface area (Å²) in [5, 5.41) is 9.22. The number of ether oxygens (including phenoxy) is 1. The number of phenolic OH excluding ortho intramolecular Hbond substituents is 1. The van der Waals surface area contributed by atoms with Gasteiger partial charge in [-0.3, -0.25) is 4.79 Å². The Bertz CT molecular complexity index is 377. The van der Waals surface area contributed by atoms with Gasteiger partial charge in [0.25, 0.3) is 0 Å². The van der Waals surface area contributed by atoms with Crippen molar-refractivity contribution in [2.75, 3.05) is 7.11 Å². The Balaban J connectivity index is 0.00000225. The van der Waals surface area contributed by atoms with Crippen LogP contribution in [0.3, 0.4) is 0 Å². The molecule has 1 aromatic carbocycles. The molecule has 7 heteroatoms. The standard InChI is InChI=1S/C9H9F2NO3.ClH/c1-15-9(14)8(12)7-5(11)2-4(10)3-6(7)13;/h2-3,8,13H,12H2,1H3;1H/t8-;/m0./s1. The number of rotatable bonds is 2. The Kier molecular flexibility index (Phi) is 5.13. The van der Waals surface area contributed by atoms with Gasteiger partial charge in [-0.2, -0.15) is 0 Å². The highest BCUT2D eigenvalue weighted by Gasteiger charge is 2.24. The Morgan fingerprint density at radius 1 is 1.50 bits per heavy atom. The second-order valence-corrected chi connectivity index (χ2v) is 2.82. The number of hydrogen-bond donors (Lipinski definition) is 2. The second-order valence-electron chi connectivity index (χ2n) is 2.82. The maximum absolute atomic E-state index is 13.2. The summed E-state index contributed by atoms with van der Waals surface area (Å²) in [6, 6.07) is -0.283. The number of esters is 1. The molecule has 0 radical (unpaired) electrons. The molecule has 16 heavy (non-hydrogen) atoms. The summed E-state index contributed by atoms with van der Waals surface area (Å²) in [6.07, 6.45) is 0. The quantitative estimate of drug-likeness (QED) is 0.779. The van der Waals surface area contributed by atoms with Gasteiger partial charge in [0.05, 0.1) is 12.7 Å². The van der Waals surface area contributed by atoms with Crippen LogP contribution in [0.4, 0.5) is 8.78 Å². The molecule has 1 atom stereocenters. The van der Waals surface area contributed by atoms with Gasteiger partial charge in [0, 0.05) is 12.1 Å². The number of methoxy groups -OCH3 is 1. The summed E-state index contributed by atoms with van der Waals surface area (Å²) in [4.78, 5) is 11.0. The van der Waals surface area contributed by atoms with Crippen molar-refractivity contribution in [3.05, 3.63) is 29.3 Å². The highest BCUT2D eigenvalue weighted by atomic mass is 35.5. The van der Waals surface area contributed by atoms with E-state index in [-0.39, 0.29) is 12.4 Å². The molecule has 0 amide bonds. The summed E-state index contributed by atoms with van der Waals surface area (Å²) in [7, 11) is 1.07. The van der Waals surface area contributed by atoms with E-state index in [9.17, 15) is 18.7 Å². The molecule has 0 bridgehead atoms. The van der Waals surface area contributed by atoms with Crippen molar-refractivity contribution in [1.82, 2.24) is 0 Å². The van der Waals surface area contributed by atoms with E-state index in [1.54, 1.807) is 0 Å². The van der Waals surface area contributed by atoms with Gasteiger partial charge in [-0.25, -0.2) is 8.78 Å². The zero-order valence-corrected chi connectivity index (χ0v) is 9.05. The summed E-state index contributed by atoms with van der Waals surface area (Å²) in [5.74, 6) is -3.68. The average molecular weight is 254 g/mol. The highest BCUT2D eigenvalue weighted by molar-refractivity contribution is 5.85. The maximum Gasteiger partial charge on any atom is 0.327 e. The van der Waals surface area contributed by atoms with Gasteiger partial charge < -0.3 is 15.6 Å². The van der Waals surface area contributed by atoms with Crippen LogP contribution in [0, 0.1) is 11.6 Å². The van der Waals surface area contributed by atoms with Crippen molar-refractivity contribution in [3.63, 3.8) is 0 Å². The number of phenols is 1. The SMILES string of the molecule is COC(=O)[C@@H](N)c1c(O)cc(F)cc1F.Cl. The normalized spacial score (nSPS) is 11.5. The van der Waals surface area contributed by atoms with E-state index < -0.39 is 35.0 Å². The molecule has 0 aliphatic rings. The van der Waals surface area contributed by atoms with Crippen LogP contribution < -0.4 is 5.73 Å². The minimum Gasteiger partial charge on any atom is -0.507 e. The smallest absolute Gasteiger partial charge is 0.327 e. The fourth-order valence-electron chi connectivity index (χ4n) is 1.12. The predicted octanol–water partition coefficient (Wildman–Crippen LogP) is 1.26. The average Bonchev–Trinajstić information content (AvgIpc) is 2.14. The molecule has 0 aliphatic heterocycles. The monoisotopic (exact) mass is 253 g/mol. The first-order valence-electron chi connectivity index (χ1n) is 3.98. The zero-order valence-electron chi connectivity index (χ0n) is 8.24. The third-order valence-electron chi connectivity index (χ3n) is 1.84. The van der Waals surface area contributed by atoms with E-state index in [0.717, 1.165) is 7.11 Å². The molecule has 90 valence electrons. The van der Waals surface area contributed by atoms with Crippen molar-refractivity contribution in [2.45, 2.75) is 6.04 Å². The number of nitrogens with two attached hydrogens (primary N) is 1. The number of halogens is 3. The fraction of sp³-hybridized carbons (Fsp3) is 0.222. The number of hydrogen-bond acceptors (Lipinski definition) is 4. The molecule has 0 aromatic heterocycles. The highest BCUT2D eigenvalue weighted by Crippen LogP contribution is 2.27. The molecular weight excluding hydrogens is 244 g/mol. The first-order valence-corrected chi connectivity index (χ1v) is 3.98. The van der Waals surface area contributed by atoms with E-state index >= 15 is 0 Å². The zero-order chi connectivity index (χ0) is 11.6. The van der Waals surface area contributed by atoms with Crippen LogP contribution in [0.25, 0.3) is 0 Å². The van der Waals surface area contributed by atoms with Gasteiger partial charge in [-0.1, -0.05) is 0 Å². The lowest BCUT2D eigenvalue weighted by Gasteiger charge is -2.12. The maximum atomic E-state index is 13.2. The van der Waals surface area contributed by atoms with Crippen molar-refractivity contribution in [1.29, 1.82) is 0 Å². The molecule has 3 N–H and O–H groups in total. The van der Waals surface area contributed by atoms with Gasteiger partial charge in [0.15, 0.2) is 0 Å². The van der Waals surface area contributed by atoms with Crippen molar-refractivity contribution < 1.29 is 23.4 Å². The molecule has 1 rings (SSSR count). The first-order chi connectivity index (χ1) is 6.97. The van der Waals surface area contributed by atoms with E-state index in [2.05, 4.69) is 4.74 Å². The second kappa shape index (κ2) is 5.62. The molecule has 0 saturated heterocycles. The third-order valence-corrected chi connectivity index (χ3v) is 1.84. The largest absolute Gasteiger partial charge is 0.507 e. The molecular formula is C9H10ClF2NO3. The van der Waals surface area contributed by atoms with Crippen molar-refractivity contribution >= 4 is 18.4 Å². The number of carbonyl (C=O) groups excluding carboxylic acids is 1. The van der Waals surface area contributed by atoms with Crippen molar-refractivity contribution in [2.24, 2.45) is 5.73 Å². The summed E-state index contributed by atoms with van der Waals surface area (Å²) in [5.41, 5.74) is 4.82. The van der Waals surface area contributed by atoms with E-state index in [1.807, 2.05) is 0 Å². The lowest BCUT2D eigenvalue weighted by Crippen LogP contribution is -2.23. The van der Waals surface area contributed by atoms with Crippen LogP contribution in [-0.4, -0.2) is 18.2 Å². The van der Waals surface area contributed by atoms with Gasteiger partial charge in [0.2, 0.25) is 0 Å². The van der Waals surface area contributed by atoms with Gasteiger partial charge in [-0.15, -0.1) is 12.4 Å². The molecule has 0 spiro atoms. The lowest BCUT2D eigenvalue weighted by molar-refractivity contribution is -0.142. The molecule has 0 aliphatic carbocycles. The Labute approximate surface area is 96.4 Å². The molecule has 0 fully saturated rings. The van der Waals surface area contributed by atoms with E-state index in [0.29, 0.717) is 12.1 Å². The number of aromatic hydroxyl groups is 1. The minimum atomic E-state index is -1.48. The Morgan fingerprint density at radius 2 is 2.06 bits per heavy atom. The van der Waals surface area contributed by atoms with Crippen LogP contribution in [0.5, 0.6) is 5.75 Å². The fourth-order valence-corrected chi connectivity index (χ4v) is 1.12. The molecule has 0 heterocycles. The summed E-state index contributed by atoms with van der Waals surface area (Å²) >= 11 is 0. The van der Waals surface area contributed by atoms with Gasteiger partial charge in [0.1, 0.15) is 23.4 Å². The summed E-state index contributed by atoms with van der Waals surface area (Å²) in [6.45, 7) is 0. The van der Waals surface area contributed by atoms with Crippen LogP contribution in [-0.2, 0) is 9.53 Å². The molecule has 1 aromatic rings. The lowest BCUT2D eigenvalue weighted by atomic mass is 10.1. The van der Waals surface area contributed by atoms with Crippen LogP contribution in [0.15, 0.2) is 12.1 Å².